The van der Waals surface area contributed by atoms with E-state index < -0.39 is 9.73 Å². The molecule has 0 N–H and O–H groups in total. The van der Waals surface area contributed by atoms with Crippen molar-refractivity contribution in [2.24, 2.45) is 4.36 Å². The van der Waals surface area contributed by atoms with Crippen LogP contribution in [0.15, 0.2) is 39.6 Å². The summed E-state index contributed by atoms with van der Waals surface area (Å²) in [6, 6.07) is 9.60. The third-order valence-corrected chi connectivity index (χ3v) is 5.29. The SMILES string of the molecule is C[C@@H]1CCN=S1(=O)c1ccccc1. The molecule has 2 rings (SSSR count). The fourth-order valence-electron chi connectivity index (χ4n) is 1.58. The van der Waals surface area contributed by atoms with Crippen molar-refractivity contribution in [3.63, 3.8) is 0 Å². The summed E-state index contributed by atoms with van der Waals surface area (Å²) in [7, 11) is -2.09. The van der Waals surface area contributed by atoms with Crippen LogP contribution in [0.2, 0.25) is 0 Å². The molecule has 70 valence electrons. The lowest BCUT2D eigenvalue weighted by molar-refractivity contribution is 0.670. The van der Waals surface area contributed by atoms with Gasteiger partial charge in [-0.25, -0.2) is 8.57 Å². The number of nitrogens with zero attached hydrogens (tertiary/aromatic N) is 1. The van der Waals surface area contributed by atoms with Gasteiger partial charge in [-0.3, -0.25) is 0 Å². The molecule has 13 heavy (non-hydrogen) atoms. The molecule has 1 aromatic carbocycles. The molecule has 0 aromatic heterocycles. The Bertz CT molecular complexity index is 404. The van der Waals surface area contributed by atoms with Crippen LogP contribution < -0.4 is 0 Å². The van der Waals surface area contributed by atoms with Gasteiger partial charge in [-0.15, -0.1) is 0 Å². The first-order chi connectivity index (χ1) is 6.23. The van der Waals surface area contributed by atoms with Crippen molar-refractivity contribution in [3.8, 4) is 0 Å². The highest BCUT2D eigenvalue weighted by Crippen LogP contribution is 2.25. The predicted octanol–water partition coefficient (Wildman–Crippen LogP) is 2.31. The van der Waals surface area contributed by atoms with Gasteiger partial charge in [0.1, 0.15) is 0 Å². The first kappa shape index (κ1) is 8.75. The number of hydrogen-bond donors (Lipinski definition) is 0. The minimum Gasteiger partial charge on any atom is -0.244 e. The summed E-state index contributed by atoms with van der Waals surface area (Å²) in [4.78, 5) is 0.889. The van der Waals surface area contributed by atoms with E-state index in [1.165, 1.54) is 0 Å². The third-order valence-electron chi connectivity index (χ3n) is 2.45. The van der Waals surface area contributed by atoms with Crippen LogP contribution in [-0.2, 0) is 9.73 Å². The van der Waals surface area contributed by atoms with E-state index in [1.54, 1.807) is 0 Å². The summed E-state index contributed by atoms with van der Waals surface area (Å²) in [6.45, 7) is 2.76. The molecule has 3 heteroatoms. The first-order valence-corrected chi connectivity index (χ1v) is 6.08. The minimum atomic E-state index is -2.09. The summed E-state index contributed by atoms with van der Waals surface area (Å²) in [5, 5.41) is 0.204. The fraction of sp³-hybridized carbons (Fsp3) is 0.400. The molecule has 0 fully saturated rings. The lowest BCUT2D eigenvalue weighted by Gasteiger charge is -2.09. The van der Waals surface area contributed by atoms with Crippen molar-refractivity contribution in [1.82, 2.24) is 0 Å². The van der Waals surface area contributed by atoms with Crippen LogP contribution in [0.4, 0.5) is 0 Å². The second kappa shape index (κ2) is 3.14. The van der Waals surface area contributed by atoms with Crippen molar-refractivity contribution in [2.45, 2.75) is 23.5 Å². The van der Waals surface area contributed by atoms with Crippen LogP contribution >= 0.6 is 0 Å². The van der Waals surface area contributed by atoms with E-state index in [4.69, 9.17) is 0 Å². The quantitative estimate of drug-likeness (QED) is 0.676. The molecule has 0 aliphatic carbocycles. The highest BCUT2D eigenvalue weighted by Gasteiger charge is 2.25. The Morgan fingerprint density at radius 3 is 2.62 bits per heavy atom. The minimum absolute atomic E-state index is 0.204. The van der Waals surface area contributed by atoms with Crippen molar-refractivity contribution in [1.29, 1.82) is 0 Å². The molecule has 2 atom stereocenters. The molecule has 1 aliphatic heterocycles. The monoisotopic (exact) mass is 195 g/mol. The molecular formula is C10H13NOS. The normalized spacial score (nSPS) is 32.8. The fourth-order valence-corrected chi connectivity index (χ4v) is 3.80. The molecule has 0 radical (unpaired) electrons. The molecule has 0 amide bonds. The lowest BCUT2D eigenvalue weighted by Crippen LogP contribution is -2.12. The zero-order valence-electron chi connectivity index (χ0n) is 7.64. The van der Waals surface area contributed by atoms with Gasteiger partial charge in [-0.05, 0) is 25.5 Å². The van der Waals surface area contributed by atoms with Crippen LogP contribution in [-0.4, -0.2) is 16.0 Å². The summed E-state index contributed by atoms with van der Waals surface area (Å²) in [5.74, 6) is 0. The van der Waals surface area contributed by atoms with E-state index >= 15 is 0 Å². The summed E-state index contributed by atoms with van der Waals surface area (Å²) in [5.41, 5.74) is 0. The molecule has 0 saturated heterocycles. The van der Waals surface area contributed by atoms with Gasteiger partial charge in [0, 0.05) is 16.7 Å². The maximum atomic E-state index is 12.4. The van der Waals surface area contributed by atoms with Gasteiger partial charge in [-0.1, -0.05) is 18.2 Å². The average molecular weight is 195 g/mol. The Hall–Kier alpha value is -0.830. The van der Waals surface area contributed by atoms with Crippen molar-refractivity contribution in [2.75, 3.05) is 6.54 Å². The first-order valence-electron chi connectivity index (χ1n) is 4.50. The van der Waals surface area contributed by atoms with Gasteiger partial charge < -0.3 is 0 Å². The van der Waals surface area contributed by atoms with Crippen LogP contribution in [0.25, 0.3) is 0 Å². The van der Waals surface area contributed by atoms with Gasteiger partial charge >= 0.3 is 0 Å². The standard InChI is InChI=1S/C10H13NOS/c1-9-7-8-11-13(9,12)10-5-3-2-4-6-10/h2-6,9H,7-8H2,1H3/t9-,13?/m1/s1. The Morgan fingerprint density at radius 2 is 2.08 bits per heavy atom. The topological polar surface area (TPSA) is 29.4 Å². The van der Waals surface area contributed by atoms with Crippen molar-refractivity contribution < 1.29 is 4.21 Å². The molecule has 1 aliphatic rings. The van der Waals surface area contributed by atoms with Crippen molar-refractivity contribution in [3.05, 3.63) is 30.3 Å². The number of benzene rings is 1. The van der Waals surface area contributed by atoms with E-state index in [0.717, 1.165) is 17.9 Å². The maximum absolute atomic E-state index is 12.4. The number of rotatable bonds is 1. The average Bonchev–Trinajstić information content (AvgIpc) is 2.50. The van der Waals surface area contributed by atoms with Gasteiger partial charge in [0.25, 0.3) is 0 Å². The molecular weight excluding hydrogens is 182 g/mol. The zero-order chi connectivity index (χ0) is 9.31. The highest BCUT2D eigenvalue weighted by molar-refractivity contribution is 7.94. The molecule has 1 unspecified atom stereocenters. The molecule has 2 nitrogen and oxygen atoms in total. The van der Waals surface area contributed by atoms with E-state index in [2.05, 4.69) is 4.36 Å². The number of hydrogen-bond acceptors (Lipinski definition) is 2. The zero-order valence-corrected chi connectivity index (χ0v) is 8.46. The Kier molecular flexibility index (Phi) is 2.12. The molecule has 0 saturated carbocycles. The Balaban J connectivity index is 2.53. The van der Waals surface area contributed by atoms with Crippen LogP contribution in [0, 0.1) is 0 Å². The lowest BCUT2D eigenvalue weighted by atomic mass is 10.3. The Morgan fingerprint density at radius 1 is 1.38 bits per heavy atom. The van der Waals surface area contributed by atoms with E-state index in [9.17, 15) is 4.21 Å². The predicted molar refractivity (Wildman–Crippen MR) is 54.2 cm³/mol. The van der Waals surface area contributed by atoms with Crippen molar-refractivity contribution >= 4 is 9.73 Å². The smallest absolute Gasteiger partial charge is 0.0779 e. The molecule has 0 bridgehead atoms. The summed E-state index contributed by atoms with van der Waals surface area (Å²) in [6.07, 6.45) is 0.952. The second-order valence-corrected chi connectivity index (χ2v) is 6.01. The maximum Gasteiger partial charge on any atom is 0.0779 e. The van der Waals surface area contributed by atoms with E-state index in [0.29, 0.717) is 0 Å². The van der Waals surface area contributed by atoms with Gasteiger partial charge in [0.05, 0.1) is 9.73 Å². The summed E-state index contributed by atoms with van der Waals surface area (Å²) < 4.78 is 16.6. The summed E-state index contributed by atoms with van der Waals surface area (Å²) >= 11 is 0. The van der Waals surface area contributed by atoms with E-state index in [-0.39, 0.29) is 5.25 Å². The highest BCUT2D eigenvalue weighted by atomic mass is 32.2. The third kappa shape index (κ3) is 1.37. The molecule has 0 spiro atoms. The van der Waals surface area contributed by atoms with Crippen LogP contribution in [0.1, 0.15) is 13.3 Å². The van der Waals surface area contributed by atoms with Gasteiger partial charge in [0.2, 0.25) is 0 Å². The van der Waals surface area contributed by atoms with Crippen LogP contribution in [0.5, 0.6) is 0 Å². The molecule has 1 heterocycles. The molecule has 1 aromatic rings. The van der Waals surface area contributed by atoms with Crippen LogP contribution in [0.3, 0.4) is 0 Å². The van der Waals surface area contributed by atoms with Gasteiger partial charge in [-0.2, -0.15) is 0 Å². The largest absolute Gasteiger partial charge is 0.244 e. The Labute approximate surface area is 79.2 Å². The second-order valence-electron chi connectivity index (χ2n) is 3.33. The van der Waals surface area contributed by atoms with Gasteiger partial charge in [0.15, 0.2) is 0 Å². The van der Waals surface area contributed by atoms with E-state index in [1.807, 2.05) is 37.3 Å².